The van der Waals surface area contributed by atoms with E-state index in [-0.39, 0.29) is 24.2 Å². The van der Waals surface area contributed by atoms with Crippen molar-refractivity contribution in [2.45, 2.75) is 63.6 Å². The molecule has 0 saturated carbocycles. The number of carbonyl (C=O) groups is 3. The number of rotatable bonds is 2. The van der Waals surface area contributed by atoms with Crippen LogP contribution in [0.2, 0.25) is 0 Å². The fourth-order valence-electron chi connectivity index (χ4n) is 4.16. The number of epoxide rings is 1. The predicted octanol–water partition coefficient (Wildman–Crippen LogP) is 1.77. The van der Waals surface area contributed by atoms with Crippen molar-refractivity contribution >= 4 is 17.9 Å². The van der Waals surface area contributed by atoms with E-state index in [1.165, 1.54) is 0 Å². The molecule has 0 amide bonds. The van der Waals surface area contributed by atoms with Crippen LogP contribution in [0, 0.1) is 5.92 Å². The lowest BCUT2D eigenvalue weighted by Crippen LogP contribution is -2.39. The number of ether oxygens (including phenoxy) is 4. The van der Waals surface area contributed by atoms with Crippen LogP contribution in [-0.4, -0.2) is 47.9 Å². The van der Waals surface area contributed by atoms with Crippen molar-refractivity contribution in [1.29, 1.82) is 0 Å². The monoisotopic (exact) mass is 374 g/mol. The van der Waals surface area contributed by atoms with Crippen LogP contribution in [0.1, 0.15) is 33.6 Å². The highest BCUT2D eigenvalue weighted by Gasteiger charge is 2.74. The molecule has 1 aliphatic carbocycles. The minimum Gasteiger partial charge on any atom is -0.458 e. The molecule has 7 nitrogen and oxygen atoms in total. The molecule has 3 heterocycles. The molecule has 0 spiro atoms. The molecule has 3 fully saturated rings. The summed E-state index contributed by atoms with van der Waals surface area (Å²) in [6.45, 7) is 9.10. The van der Waals surface area contributed by atoms with Crippen molar-refractivity contribution in [1.82, 2.24) is 0 Å². The number of carbonyl (C=O) groups excluding carboxylic acids is 3. The Morgan fingerprint density at radius 3 is 2.78 bits per heavy atom. The molecular weight excluding hydrogens is 352 g/mol. The zero-order valence-corrected chi connectivity index (χ0v) is 15.5. The summed E-state index contributed by atoms with van der Waals surface area (Å²) in [5.41, 5.74) is 0.460. The van der Waals surface area contributed by atoms with E-state index in [4.69, 9.17) is 18.9 Å². The lowest BCUT2D eigenvalue weighted by atomic mass is 9.82. The van der Waals surface area contributed by atoms with Crippen LogP contribution in [0.4, 0.5) is 0 Å². The molecule has 0 N–H and O–H groups in total. The maximum atomic E-state index is 12.5. The Morgan fingerprint density at radius 2 is 2.11 bits per heavy atom. The van der Waals surface area contributed by atoms with Gasteiger partial charge in [0.1, 0.15) is 24.4 Å². The second-order valence-corrected chi connectivity index (χ2v) is 7.63. The average molecular weight is 374 g/mol. The topological polar surface area (TPSA) is 91.4 Å². The molecule has 0 aromatic rings. The maximum Gasteiger partial charge on any atom is 0.341 e. The Morgan fingerprint density at radius 1 is 1.37 bits per heavy atom. The van der Waals surface area contributed by atoms with E-state index >= 15 is 0 Å². The second-order valence-electron chi connectivity index (χ2n) is 7.63. The van der Waals surface area contributed by atoms with E-state index < -0.39 is 41.6 Å². The molecule has 6 unspecified atom stereocenters. The van der Waals surface area contributed by atoms with Gasteiger partial charge in [0.05, 0.1) is 5.92 Å². The molecule has 3 saturated heterocycles. The predicted molar refractivity (Wildman–Crippen MR) is 92.3 cm³/mol. The van der Waals surface area contributed by atoms with Crippen LogP contribution in [0.5, 0.6) is 0 Å². The van der Waals surface area contributed by atoms with Crippen molar-refractivity contribution in [3.63, 3.8) is 0 Å². The molecular formula is C20H22O7. The average Bonchev–Trinajstić information content (AvgIpc) is 3.20. The molecule has 3 aliphatic heterocycles. The van der Waals surface area contributed by atoms with Crippen molar-refractivity contribution in [3.05, 3.63) is 35.5 Å². The summed E-state index contributed by atoms with van der Waals surface area (Å²) < 4.78 is 22.4. The Balaban J connectivity index is 1.74. The SMILES string of the molecule is C=C1C(=O)OC2/C=C(/C)CC3OC(=O)C4(CC(OC(=O)/C(C)=C\C)C12)OC34. The number of allylic oxidation sites excluding steroid dienone is 1. The summed E-state index contributed by atoms with van der Waals surface area (Å²) in [6.07, 6.45) is 1.95. The first-order chi connectivity index (χ1) is 12.8. The summed E-state index contributed by atoms with van der Waals surface area (Å²) in [6, 6.07) is 0. The largest absolute Gasteiger partial charge is 0.458 e. The lowest BCUT2D eigenvalue weighted by molar-refractivity contribution is -0.159. The molecule has 27 heavy (non-hydrogen) atoms. The van der Waals surface area contributed by atoms with E-state index in [1.807, 2.05) is 13.0 Å². The number of hydrogen-bond acceptors (Lipinski definition) is 7. The first-order valence-electron chi connectivity index (χ1n) is 9.06. The van der Waals surface area contributed by atoms with E-state index in [0.717, 1.165) is 5.57 Å². The van der Waals surface area contributed by atoms with Gasteiger partial charge in [0.2, 0.25) is 0 Å². The fourth-order valence-corrected chi connectivity index (χ4v) is 4.16. The van der Waals surface area contributed by atoms with Crippen LogP contribution in [-0.2, 0) is 33.3 Å². The van der Waals surface area contributed by atoms with E-state index in [2.05, 4.69) is 6.58 Å². The second kappa shape index (κ2) is 6.05. The molecule has 7 heteroatoms. The molecule has 0 radical (unpaired) electrons. The van der Waals surface area contributed by atoms with Gasteiger partial charge in [-0.05, 0) is 26.8 Å². The van der Waals surface area contributed by atoms with Gasteiger partial charge in [-0.25, -0.2) is 14.4 Å². The van der Waals surface area contributed by atoms with Crippen LogP contribution in [0.25, 0.3) is 0 Å². The standard InChI is InChI=1S/C20H22O7/c1-5-10(3)17(21)25-14-8-20-16(27-20)13(26-19(20)23)7-9(2)6-12-15(14)11(4)18(22)24-12/h5-6,12-16H,4,7-8H2,1-3H3/b9-6-,10-5-. The van der Waals surface area contributed by atoms with Crippen LogP contribution in [0.15, 0.2) is 35.5 Å². The van der Waals surface area contributed by atoms with Crippen LogP contribution >= 0.6 is 0 Å². The molecule has 0 aromatic heterocycles. The highest BCUT2D eigenvalue weighted by Crippen LogP contribution is 2.53. The quantitative estimate of drug-likeness (QED) is 0.239. The Labute approximate surface area is 157 Å². The third-order valence-corrected chi connectivity index (χ3v) is 5.83. The van der Waals surface area contributed by atoms with Gasteiger partial charge in [0, 0.05) is 24.0 Å². The third kappa shape index (κ3) is 2.72. The van der Waals surface area contributed by atoms with Gasteiger partial charge in [0.15, 0.2) is 5.60 Å². The van der Waals surface area contributed by atoms with Crippen LogP contribution < -0.4 is 0 Å². The van der Waals surface area contributed by atoms with E-state index in [1.54, 1.807) is 19.9 Å². The Kier molecular flexibility index (Phi) is 4.03. The van der Waals surface area contributed by atoms with E-state index in [9.17, 15) is 14.4 Å². The van der Waals surface area contributed by atoms with Gasteiger partial charge in [-0.15, -0.1) is 0 Å². The molecule has 4 aliphatic rings. The third-order valence-electron chi connectivity index (χ3n) is 5.83. The summed E-state index contributed by atoms with van der Waals surface area (Å²) in [5.74, 6) is -2.05. The number of hydrogen-bond donors (Lipinski definition) is 0. The zero-order chi connectivity index (χ0) is 19.5. The lowest BCUT2D eigenvalue weighted by Gasteiger charge is -2.27. The molecule has 0 aromatic carbocycles. The molecule has 2 bridgehead atoms. The van der Waals surface area contributed by atoms with Crippen LogP contribution in [0.3, 0.4) is 0 Å². The van der Waals surface area contributed by atoms with Gasteiger partial charge >= 0.3 is 17.9 Å². The minimum atomic E-state index is -1.12. The maximum absolute atomic E-state index is 12.5. The smallest absolute Gasteiger partial charge is 0.341 e. The minimum absolute atomic E-state index is 0.111. The van der Waals surface area contributed by atoms with Gasteiger partial charge in [0.25, 0.3) is 0 Å². The number of esters is 3. The highest BCUT2D eigenvalue weighted by molar-refractivity contribution is 5.92. The molecule has 6 atom stereocenters. The van der Waals surface area contributed by atoms with Crippen molar-refractivity contribution in [3.8, 4) is 0 Å². The first-order valence-corrected chi connectivity index (χ1v) is 9.06. The van der Waals surface area contributed by atoms with Crippen molar-refractivity contribution in [2.24, 2.45) is 5.92 Å². The van der Waals surface area contributed by atoms with Gasteiger partial charge in [-0.2, -0.15) is 0 Å². The fraction of sp³-hybridized carbons (Fsp3) is 0.550. The molecule has 144 valence electrons. The highest BCUT2D eigenvalue weighted by atomic mass is 16.7. The summed E-state index contributed by atoms with van der Waals surface area (Å²) in [7, 11) is 0. The number of fused-ring (bicyclic) bond motifs is 1. The van der Waals surface area contributed by atoms with Crippen molar-refractivity contribution in [2.75, 3.05) is 0 Å². The van der Waals surface area contributed by atoms with Gasteiger partial charge in [-0.3, -0.25) is 0 Å². The molecule has 4 rings (SSSR count). The first kappa shape index (κ1) is 18.0. The summed E-state index contributed by atoms with van der Waals surface area (Å²) in [5, 5.41) is 0. The normalized spacial score (nSPS) is 42.3. The zero-order valence-electron chi connectivity index (χ0n) is 15.5. The van der Waals surface area contributed by atoms with E-state index in [0.29, 0.717) is 12.0 Å². The summed E-state index contributed by atoms with van der Waals surface area (Å²) in [4.78, 5) is 37.1. The van der Waals surface area contributed by atoms with Crippen molar-refractivity contribution < 1.29 is 33.3 Å². The van der Waals surface area contributed by atoms with Gasteiger partial charge in [-0.1, -0.05) is 18.2 Å². The Bertz CT molecular complexity index is 807. The van der Waals surface area contributed by atoms with Gasteiger partial charge < -0.3 is 18.9 Å². The summed E-state index contributed by atoms with van der Waals surface area (Å²) >= 11 is 0. The Hall–Kier alpha value is -2.41.